The molecular weight excluding hydrogens is 586 g/mol. The highest BCUT2D eigenvalue weighted by Crippen LogP contribution is 2.44. The average Bonchev–Trinajstić information content (AvgIpc) is 3.46. The number of hydrogen-bond acceptors (Lipinski definition) is 5. The van der Waals surface area contributed by atoms with Crippen LogP contribution in [0, 0.1) is 13.8 Å². The molecule has 1 N–H and O–H groups in total. The highest BCUT2D eigenvalue weighted by atomic mass is 16.5. The van der Waals surface area contributed by atoms with E-state index < -0.39 is 17.7 Å². The highest BCUT2D eigenvalue weighted by Gasteiger charge is 2.34. The minimum atomic E-state index is -1.24. The van der Waals surface area contributed by atoms with Crippen molar-refractivity contribution >= 4 is 11.6 Å². The Labute approximate surface area is 276 Å². The summed E-state index contributed by atoms with van der Waals surface area (Å²) in [7, 11) is 0. The summed E-state index contributed by atoms with van der Waals surface area (Å²) >= 11 is 0. The van der Waals surface area contributed by atoms with E-state index in [1.54, 1.807) is 0 Å². The highest BCUT2D eigenvalue weighted by molar-refractivity contribution is 5.83. The van der Waals surface area contributed by atoms with E-state index in [9.17, 15) is 9.90 Å². The third-order valence-electron chi connectivity index (χ3n) is 9.55. The van der Waals surface area contributed by atoms with Crippen LogP contribution in [0.15, 0.2) is 66.7 Å². The van der Waals surface area contributed by atoms with Crippen LogP contribution in [0.4, 0.5) is 0 Å². The lowest BCUT2D eigenvalue weighted by atomic mass is 9.85. The molecule has 0 spiro atoms. The van der Waals surface area contributed by atoms with Gasteiger partial charge in [0.2, 0.25) is 0 Å². The number of carboxylic acids is 1. The van der Waals surface area contributed by atoms with Crippen LogP contribution in [0.2, 0.25) is 0 Å². The SMILES string of the molecule is Cc1cc2c3cc1-c1c([C@H](OC(C)(C)C)C(=O)O)c(C)nc4cc(nn14)-c1cccc(c1)-c1ccccc1CCCCCC3CCO2. The van der Waals surface area contributed by atoms with E-state index in [-0.39, 0.29) is 0 Å². The van der Waals surface area contributed by atoms with Crippen molar-refractivity contribution in [2.75, 3.05) is 6.61 Å². The molecule has 0 amide bonds. The Hall–Kier alpha value is -4.49. The number of fused-ring (bicyclic) bond motifs is 8. The first kappa shape index (κ1) is 31.1. The lowest BCUT2D eigenvalue weighted by Gasteiger charge is -2.30. The minimum absolute atomic E-state index is 0.361. The molecule has 0 fully saturated rings. The number of benzene rings is 3. The van der Waals surface area contributed by atoms with Crippen LogP contribution in [0.5, 0.6) is 5.75 Å². The second-order valence-electron chi connectivity index (χ2n) is 14.1. The van der Waals surface area contributed by atoms with Gasteiger partial charge in [-0.2, -0.15) is 5.10 Å². The number of carbonyl (C=O) groups is 1. The molecule has 7 heteroatoms. The van der Waals surface area contributed by atoms with Crippen molar-refractivity contribution in [3.8, 4) is 39.4 Å². The van der Waals surface area contributed by atoms with Gasteiger partial charge in [0.25, 0.3) is 0 Å². The smallest absolute Gasteiger partial charge is 0.337 e. The molecule has 7 rings (SSSR count). The van der Waals surface area contributed by atoms with Gasteiger partial charge >= 0.3 is 5.97 Å². The van der Waals surface area contributed by atoms with Crippen LogP contribution in [-0.2, 0) is 16.0 Å². The number of nitrogens with zero attached hydrogens (tertiary/aromatic N) is 3. The molecule has 242 valence electrons. The van der Waals surface area contributed by atoms with Gasteiger partial charge in [0.05, 0.1) is 23.6 Å². The fourth-order valence-corrected chi connectivity index (χ4v) is 7.35. The zero-order valence-corrected chi connectivity index (χ0v) is 28.0. The maximum atomic E-state index is 13.0. The third kappa shape index (κ3) is 6.05. The normalized spacial score (nSPS) is 17.0. The predicted octanol–water partition coefficient (Wildman–Crippen LogP) is 9.27. The van der Waals surface area contributed by atoms with E-state index in [2.05, 4.69) is 67.6 Å². The number of hydrogen-bond donors (Lipinski definition) is 1. The van der Waals surface area contributed by atoms with Gasteiger partial charge in [-0.05, 0) is 112 Å². The lowest BCUT2D eigenvalue weighted by Crippen LogP contribution is -2.29. The molecule has 0 saturated heterocycles. The second kappa shape index (κ2) is 12.3. The number of ether oxygens (including phenoxy) is 2. The van der Waals surface area contributed by atoms with E-state index in [0.717, 1.165) is 72.2 Å². The Balaban J connectivity index is 1.52. The first-order chi connectivity index (χ1) is 22.6. The zero-order valence-electron chi connectivity index (χ0n) is 28.0. The van der Waals surface area contributed by atoms with Crippen molar-refractivity contribution in [2.45, 2.75) is 90.8 Å². The van der Waals surface area contributed by atoms with Gasteiger partial charge in [0.15, 0.2) is 11.8 Å². The summed E-state index contributed by atoms with van der Waals surface area (Å²) in [5.74, 6) is 0.226. The number of aryl methyl sites for hydroxylation is 3. The average molecular weight is 630 g/mol. The Morgan fingerprint density at radius 2 is 1.77 bits per heavy atom. The van der Waals surface area contributed by atoms with Crippen LogP contribution >= 0.6 is 0 Å². The summed E-state index contributed by atoms with van der Waals surface area (Å²) in [4.78, 5) is 17.9. The first-order valence-corrected chi connectivity index (χ1v) is 16.8. The van der Waals surface area contributed by atoms with Gasteiger partial charge in [0, 0.05) is 28.5 Å². The molecule has 6 bridgehead atoms. The van der Waals surface area contributed by atoms with Crippen LogP contribution in [0.3, 0.4) is 0 Å². The van der Waals surface area contributed by atoms with Gasteiger partial charge < -0.3 is 14.6 Å². The third-order valence-corrected chi connectivity index (χ3v) is 9.55. The minimum Gasteiger partial charge on any atom is -0.493 e. The fraction of sp³-hybridized carbons (Fsp3) is 0.375. The van der Waals surface area contributed by atoms with Crippen LogP contribution < -0.4 is 4.74 Å². The molecule has 2 atom stereocenters. The van der Waals surface area contributed by atoms with Crippen molar-refractivity contribution < 1.29 is 19.4 Å². The quantitative estimate of drug-likeness (QED) is 0.214. The maximum Gasteiger partial charge on any atom is 0.337 e. The molecule has 5 aromatic rings. The Bertz CT molecular complexity index is 1990. The van der Waals surface area contributed by atoms with E-state index in [4.69, 9.17) is 19.6 Å². The monoisotopic (exact) mass is 629 g/mol. The number of aromatic nitrogens is 3. The maximum absolute atomic E-state index is 13.0. The first-order valence-electron chi connectivity index (χ1n) is 16.8. The fourth-order valence-electron chi connectivity index (χ4n) is 7.35. The van der Waals surface area contributed by atoms with Crippen molar-refractivity contribution in [3.05, 3.63) is 94.7 Å². The predicted molar refractivity (Wildman–Crippen MR) is 185 cm³/mol. The molecule has 4 heterocycles. The van der Waals surface area contributed by atoms with Gasteiger partial charge in [-0.1, -0.05) is 55.3 Å². The van der Waals surface area contributed by atoms with Crippen molar-refractivity contribution in [3.63, 3.8) is 0 Å². The Kier molecular flexibility index (Phi) is 8.13. The molecule has 7 nitrogen and oxygen atoms in total. The van der Waals surface area contributed by atoms with E-state index >= 15 is 0 Å². The molecule has 47 heavy (non-hydrogen) atoms. The molecule has 2 aliphatic rings. The standard InChI is InChI=1S/C40H43N3O4/c1-24-20-34-32-22-31(24)37-36(38(39(44)45)47-40(3,4)5)25(2)41-35-23-33(42-43(35)37)29-16-11-15-28(21-29)30-17-10-9-14-26(30)12-7-6-8-13-27(32)18-19-46-34/h9-11,14-17,20-23,27,38H,6-8,12-13,18-19H2,1-5H3,(H,44,45)/t27?,38-/m0/s1. The van der Waals surface area contributed by atoms with Crippen molar-refractivity contribution in [1.29, 1.82) is 0 Å². The summed E-state index contributed by atoms with van der Waals surface area (Å²) in [6.07, 6.45) is 5.27. The van der Waals surface area contributed by atoms with E-state index in [1.165, 1.54) is 16.7 Å². The largest absolute Gasteiger partial charge is 0.493 e. The molecule has 0 aliphatic carbocycles. The Morgan fingerprint density at radius 3 is 2.57 bits per heavy atom. The molecule has 0 saturated carbocycles. The summed E-state index contributed by atoms with van der Waals surface area (Å²) < 4.78 is 14.3. The van der Waals surface area contributed by atoms with E-state index in [1.807, 2.05) is 38.3 Å². The van der Waals surface area contributed by atoms with Crippen LogP contribution in [-0.4, -0.2) is 37.9 Å². The van der Waals surface area contributed by atoms with E-state index in [0.29, 0.717) is 35.1 Å². The van der Waals surface area contributed by atoms with Gasteiger partial charge in [0.1, 0.15) is 5.75 Å². The summed E-state index contributed by atoms with van der Waals surface area (Å²) in [5.41, 5.74) is 10.4. The number of carboxylic acid groups (broad SMARTS) is 1. The molecule has 1 unspecified atom stereocenters. The summed E-state index contributed by atoms with van der Waals surface area (Å²) in [6, 6.07) is 23.6. The molecule has 3 aromatic carbocycles. The molecule has 2 aliphatic heterocycles. The van der Waals surface area contributed by atoms with Gasteiger partial charge in [-0.3, -0.25) is 0 Å². The molecule has 2 aromatic heterocycles. The van der Waals surface area contributed by atoms with Gasteiger partial charge in [-0.25, -0.2) is 14.3 Å². The van der Waals surface area contributed by atoms with Crippen LogP contribution in [0.1, 0.15) is 92.8 Å². The molecular formula is C40H43N3O4. The summed E-state index contributed by atoms with van der Waals surface area (Å²) in [5, 5.41) is 15.8. The zero-order chi connectivity index (χ0) is 32.9. The van der Waals surface area contributed by atoms with Crippen molar-refractivity contribution in [1.82, 2.24) is 14.6 Å². The topological polar surface area (TPSA) is 86.0 Å². The molecule has 0 radical (unpaired) electrons. The second-order valence-corrected chi connectivity index (χ2v) is 14.1. The Morgan fingerprint density at radius 1 is 0.957 bits per heavy atom. The van der Waals surface area contributed by atoms with Crippen molar-refractivity contribution in [2.24, 2.45) is 0 Å². The number of rotatable bonds is 3. The lowest BCUT2D eigenvalue weighted by molar-refractivity contribution is -0.160. The van der Waals surface area contributed by atoms with Gasteiger partial charge in [-0.15, -0.1) is 0 Å². The van der Waals surface area contributed by atoms with Crippen LogP contribution in [0.25, 0.3) is 39.3 Å². The number of aliphatic carboxylic acids is 1. The summed E-state index contributed by atoms with van der Waals surface area (Å²) in [6.45, 7) is 10.3.